The summed E-state index contributed by atoms with van der Waals surface area (Å²) in [6.07, 6.45) is 4.22. The van der Waals surface area contributed by atoms with Crippen LogP contribution < -0.4 is 24.1 Å². The molecule has 10 nitrogen and oxygen atoms in total. The van der Waals surface area contributed by atoms with Crippen LogP contribution in [-0.2, 0) is 22.4 Å². The van der Waals surface area contributed by atoms with Gasteiger partial charge >= 0.3 is 12.1 Å². The summed E-state index contributed by atoms with van der Waals surface area (Å²) in [6, 6.07) is 19.6. The first-order chi connectivity index (χ1) is 24.3. The average Bonchev–Trinajstić information content (AvgIpc) is 3.15. The van der Waals surface area contributed by atoms with Crippen LogP contribution in [0.25, 0.3) is 0 Å². The molecule has 3 aromatic carbocycles. The number of halogens is 2. The lowest BCUT2D eigenvalue weighted by Gasteiger charge is -2.44. The Labute approximate surface area is 301 Å². The van der Waals surface area contributed by atoms with E-state index in [1.807, 2.05) is 30.3 Å². The third-order valence-electron chi connectivity index (χ3n) is 9.40. The highest BCUT2D eigenvalue weighted by molar-refractivity contribution is 6.35. The van der Waals surface area contributed by atoms with Crippen molar-refractivity contribution in [2.24, 2.45) is 5.92 Å². The summed E-state index contributed by atoms with van der Waals surface area (Å²) >= 11 is 13.0. The molecule has 3 fully saturated rings. The van der Waals surface area contributed by atoms with Crippen LogP contribution >= 0.6 is 23.2 Å². The number of fused-ring (bicyclic) bond motifs is 3. The molecule has 4 heterocycles. The topological polar surface area (TPSA) is 101 Å². The Kier molecular flexibility index (Phi) is 11.3. The Morgan fingerprint density at radius 2 is 1.56 bits per heavy atom. The number of hydrogen-bond acceptors (Lipinski definition) is 8. The molecular formula is C38H40Cl2N3O7+. The summed E-state index contributed by atoms with van der Waals surface area (Å²) in [5.41, 5.74) is 3.11. The molecule has 3 aliphatic rings. The fourth-order valence-corrected chi connectivity index (χ4v) is 7.06. The van der Waals surface area contributed by atoms with Gasteiger partial charge < -0.3 is 23.7 Å². The number of methoxy groups -OCH3 is 3. The number of aromatic amines is 1. The molecule has 1 amide bonds. The van der Waals surface area contributed by atoms with E-state index in [9.17, 15) is 9.59 Å². The van der Waals surface area contributed by atoms with E-state index in [2.05, 4.69) is 9.88 Å². The molecule has 0 saturated carbocycles. The molecule has 4 aromatic rings. The van der Waals surface area contributed by atoms with E-state index in [0.717, 1.165) is 38.0 Å². The van der Waals surface area contributed by atoms with Gasteiger partial charge in [-0.1, -0.05) is 41.4 Å². The molecule has 3 saturated heterocycles. The molecule has 50 heavy (non-hydrogen) atoms. The van der Waals surface area contributed by atoms with Crippen LogP contribution in [0.4, 0.5) is 10.5 Å². The van der Waals surface area contributed by atoms with E-state index in [1.165, 1.54) is 7.11 Å². The van der Waals surface area contributed by atoms with Crippen LogP contribution in [0.15, 0.2) is 79.1 Å². The largest absolute Gasteiger partial charge is 0.497 e. The summed E-state index contributed by atoms with van der Waals surface area (Å²) in [5.74, 6) is 1.55. The third kappa shape index (κ3) is 8.09. The van der Waals surface area contributed by atoms with Gasteiger partial charge in [0.05, 0.1) is 33.4 Å². The Morgan fingerprint density at radius 3 is 2.16 bits per heavy atom. The highest BCUT2D eigenvalue weighted by Gasteiger charge is 2.37. The minimum Gasteiger partial charge on any atom is -0.497 e. The molecule has 0 aliphatic carbocycles. The van der Waals surface area contributed by atoms with Gasteiger partial charge in [-0.15, -0.1) is 0 Å². The first-order valence-corrected chi connectivity index (χ1v) is 17.2. The van der Waals surface area contributed by atoms with Gasteiger partial charge in [0, 0.05) is 24.2 Å². The van der Waals surface area contributed by atoms with Crippen molar-refractivity contribution >= 4 is 41.0 Å². The number of piperidine rings is 3. The fourth-order valence-electron chi connectivity index (χ4n) is 6.52. The zero-order chi connectivity index (χ0) is 35.2. The minimum atomic E-state index is -0.758. The molecular weight excluding hydrogens is 681 g/mol. The van der Waals surface area contributed by atoms with E-state index >= 15 is 0 Å². The zero-order valence-electron chi connectivity index (χ0n) is 28.2. The number of H-pyrrole nitrogens is 1. The summed E-state index contributed by atoms with van der Waals surface area (Å²) in [5, 5.41) is 0.827. The van der Waals surface area contributed by atoms with E-state index < -0.39 is 18.2 Å². The molecule has 262 valence electrons. The van der Waals surface area contributed by atoms with Gasteiger partial charge in [0.2, 0.25) is 0 Å². The van der Waals surface area contributed by atoms with Gasteiger partial charge in [0.15, 0.2) is 23.9 Å². The second-order valence-electron chi connectivity index (χ2n) is 12.4. The minimum absolute atomic E-state index is 0.139. The summed E-state index contributed by atoms with van der Waals surface area (Å²) in [4.78, 5) is 34.2. The van der Waals surface area contributed by atoms with Crippen LogP contribution in [0.3, 0.4) is 0 Å². The number of rotatable bonds is 12. The van der Waals surface area contributed by atoms with Crippen molar-refractivity contribution in [1.82, 2.24) is 4.90 Å². The smallest absolute Gasteiger partial charge is 0.414 e. The number of carbonyl (C=O) groups excluding carboxylic acids is 2. The Balaban J connectivity index is 1.21. The number of esters is 1. The second kappa shape index (κ2) is 16.0. The number of aromatic nitrogens is 1. The number of hydrogen-bond donors (Lipinski definition) is 0. The van der Waals surface area contributed by atoms with Crippen LogP contribution in [0, 0.1) is 5.92 Å². The molecule has 1 aromatic heterocycles. The number of ether oxygens (including phenoxy) is 5. The molecule has 0 radical (unpaired) electrons. The maximum atomic E-state index is 13.7. The first kappa shape index (κ1) is 35.3. The maximum Gasteiger partial charge on any atom is 0.414 e. The van der Waals surface area contributed by atoms with E-state index in [-0.39, 0.29) is 19.1 Å². The lowest BCUT2D eigenvalue weighted by atomic mass is 9.86. The molecule has 2 atom stereocenters. The predicted molar refractivity (Wildman–Crippen MR) is 189 cm³/mol. The van der Waals surface area contributed by atoms with E-state index in [4.69, 9.17) is 46.9 Å². The highest BCUT2D eigenvalue weighted by atomic mass is 35.5. The molecule has 0 spiro atoms. The number of nitrogens with zero attached hydrogens (tertiary/aromatic N) is 2. The Bertz CT molecular complexity index is 1780. The van der Waals surface area contributed by atoms with Gasteiger partial charge in [0.1, 0.15) is 28.0 Å². The molecule has 1 N–H and O–H groups in total. The van der Waals surface area contributed by atoms with Crippen LogP contribution in [0.1, 0.15) is 46.0 Å². The molecule has 2 bridgehead atoms. The monoisotopic (exact) mass is 720 g/mol. The van der Waals surface area contributed by atoms with Crippen molar-refractivity contribution in [3.63, 3.8) is 0 Å². The fraction of sp³-hybridized carbons (Fsp3) is 0.342. The predicted octanol–water partition coefficient (Wildman–Crippen LogP) is 7.21. The molecule has 0 unspecified atom stereocenters. The molecule has 7 rings (SSSR count). The number of anilines is 1. The van der Waals surface area contributed by atoms with Gasteiger partial charge in [-0.2, -0.15) is 0 Å². The van der Waals surface area contributed by atoms with E-state index in [0.29, 0.717) is 55.6 Å². The number of nitrogens with one attached hydrogen (secondary N) is 1. The normalized spacial score (nSPS) is 18.5. The van der Waals surface area contributed by atoms with Gasteiger partial charge in [-0.05, 0) is 91.5 Å². The maximum absolute atomic E-state index is 13.7. The number of benzene rings is 3. The van der Waals surface area contributed by atoms with Crippen molar-refractivity contribution < 1.29 is 38.3 Å². The molecule has 3 aliphatic heterocycles. The van der Waals surface area contributed by atoms with E-state index in [1.54, 1.807) is 67.9 Å². The second-order valence-corrected chi connectivity index (χ2v) is 13.2. The van der Waals surface area contributed by atoms with Gasteiger partial charge in [-0.25, -0.2) is 14.6 Å². The first-order valence-electron chi connectivity index (χ1n) is 16.5. The van der Waals surface area contributed by atoms with Crippen molar-refractivity contribution in [3.8, 4) is 17.2 Å². The van der Waals surface area contributed by atoms with Crippen LogP contribution in [-0.4, -0.2) is 64.0 Å². The number of pyridine rings is 1. The Morgan fingerprint density at radius 1 is 0.880 bits per heavy atom. The lowest BCUT2D eigenvalue weighted by Crippen LogP contribution is -2.53. The van der Waals surface area contributed by atoms with Crippen molar-refractivity contribution in [3.05, 3.63) is 111 Å². The number of amides is 1. The van der Waals surface area contributed by atoms with Crippen molar-refractivity contribution in [2.75, 3.05) is 45.9 Å². The van der Waals surface area contributed by atoms with Gasteiger partial charge in [-0.3, -0.25) is 9.80 Å². The Hall–Kier alpha value is -4.51. The summed E-state index contributed by atoms with van der Waals surface area (Å²) in [6.45, 7) is 3.10. The highest BCUT2D eigenvalue weighted by Crippen LogP contribution is 2.36. The summed E-state index contributed by atoms with van der Waals surface area (Å²) < 4.78 is 28.5. The zero-order valence-corrected chi connectivity index (χ0v) is 29.7. The third-order valence-corrected chi connectivity index (χ3v) is 10.1. The SMILES string of the molecule is COc1ccc(N(Cc2ccc(C(=O)O[C@@H](Cc3c(Cl)c[nH+]cc3Cl)c3ccc(OC)c(OC)c3)cc2)C(=O)O[C@H]2CN3CCC2CC3)cc1. The summed E-state index contributed by atoms with van der Waals surface area (Å²) in [7, 11) is 4.69. The number of carbonyl (C=O) groups is 2. The van der Waals surface area contributed by atoms with Crippen LogP contribution in [0.5, 0.6) is 17.2 Å². The van der Waals surface area contributed by atoms with Crippen molar-refractivity contribution in [2.45, 2.75) is 38.0 Å². The van der Waals surface area contributed by atoms with Gasteiger partial charge in [0.25, 0.3) is 0 Å². The average molecular weight is 722 g/mol. The standard InChI is InChI=1S/C38H39Cl2N3O7/c1-46-29-11-9-28(10-12-29)43(38(45)50-36-23-42-16-14-25(36)15-17-42)22-24-4-6-26(7-5-24)37(44)49-34(19-30-31(39)20-41-21-32(30)40)27-8-13-33(47-2)35(18-27)48-3/h4-13,18,20-21,25,34,36H,14-17,19,22-23H2,1-3H3/p+1/t34-,36-/m0/s1. The van der Waals surface area contributed by atoms with Crippen LogP contribution in [0.2, 0.25) is 10.0 Å². The van der Waals surface area contributed by atoms with Crippen molar-refractivity contribution in [1.29, 1.82) is 0 Å². The quantitative estimate of drug-likeness (QED) is 0.142. The molecule has 12 heteroatoms. The lowest BCUT2D eigenvalue weighted by molar-refractivity contribution is -0.377.